The molecule has 0 amide bonds. The van der Waals surface area contributed by atoms with E-state index >= 15 is 0 Å². The molecule has 0 spiro atoms. The van der Waals surface area contributed by atoms with E-state index in [1.54, 1.807) is 18.2 Å². The molecule has 0 unspecified atom stereocenters. The Morgan fingerprint density at radius 1 is 1.11 bits per heavy atom. The van der Waals surface area contributed by atoms with Gasteiger partial charge in [-0.25, -0.2) is 0 Å². The van der Waals surface area contributed by atoms with E-state index in [-0.39, 0.29) is 5.78 Å². The van der Waals surface area contributed by atoms with E-state index in [1.165, 1.54) is 0 Å². The van der Waals surface area contributed by atoms with E-state index in [2.05, 4.69) is 4.90 Å². The summed E-state index contributed by atoms with van der Waals surface area (Å²) in [4.78, 5) is 16.1. The number of halogens is 2. The van der Waals surface area contributed by atoms with Crippen molar-refractivity contribution < 1.29 is 4.79 Å². The van der Waals surface area contributed by atoms with Crippen molar-refractivity contribution in [3.63, 3.8) is 0 Å². The van der Waals surface area contributed by atoms with Crippen LogP contribution in [0.5, 0.6) is 0 Å². The third-order valence-electron chi connectivity index (χ3n) is 2.58. The van der Waals surface area contributed by atoms with E-state index in [0.717, 1.165) is 13.1 Å². The minimum atomic E-state index is 0.0508. The second-order valence-corrected chi connectivity index (χ2v) is 5.41. The highest BCUT2D eigenvalue weighted by Gasteiger charge is 2.11. The lowest BCUT2D eigenvalue weighted by atomic mass is 10.1. The molecular weight excluding hydrogens is 271 g/mol. The number of hydrogen-bond donors (Lipinski definition) is 0. The molecule has 5 heteroatoms. The summed E-state index contributed by atoms with van der Waals surface area (Å²) in [7, 11) is 5.95. The number of hydrogen-bond acceptors (Lipinski definition) is 3. The van der Waals surface area contributed by atoms with Gasteiger partial charge in [-0.1, -0.05) is 23.2 Å². The maximum absolute atomic E-state index is 12.0. The van der Waals surface area contributed by atoms with Crippen molar-refractivity contribution in [3.05, 3.63) is 33.8 Å². The highest BCUT2D eigenvalue weighted by atomic mass is 35.5. The number of benzene rings is 1. The van der Waals surface area contributed by atoms with E-state index < -0.39 is 0 Å². The average molecular weight is 289 g/mol. The maximum atomic E-state index is 12.0. The van der Waals surface area contributed by atoms with Crippen LogP contribution >= 0.6 is 23.2 Å². The Hall–Kier alpha value is -0.610. The fourth-order valence-corrected chi connectivity index (χ4v) is 1.75. The summed E-state index contributed by atoms with van der Waals surface area (Å²) < 4.78 is 0. The Labute approximate surface area is 118 Å². The van der Waals surface area contributed by atoms with Gasteiger partial charge >= 0.3 is 0 Å². The largest absolute Gasteiger partial charge is 0.308 e. The quantitative estimate of drug-likeness (QED) is 0.752. The smallest absolute Gasteiger partial charge is 0.176 e. The van der Waals surface area contributed by atoms with Gasteiger partial charge in [-0.3, -0.25) is 9.69 Å². The molecule has 0 fully saturated rings. The first-order valence-corrected chi connectivity index (χ1v) is 6.47. The Morgan fingerprint density at radius 3 is 2.33 bits per heavy atom. The van der Waals surface area contributed by atoms with Crippen LogP contribution < -0.4 is 0 Å². The van der Waals surface area contributed by atoms with Crippen LogP contribution in [0.2, 0.25) is 10.0 Å². The number of rotatable bonds is 6. The normalized spacial score (nSPS) is 11.3. The number of likely N-dealkylation sites (N-methyl/N-ethyl adjacent to an activating group) is 2. The highest BCUT2D eigenvalue weighted by molar-refractivity contribution is 6.42. The molecule has 3 nitrogen and oxygen atoms in total. The van der Waals surface area contributed by atoms with Crippen molar-refractivity contribution in [1.29, 1.82) is 0 Å². The molecule has 0 bridgehead atoms. The van der Waals surface area contributed by atoms with Crippen LogP contribution in [0.15, 0.2) is 18.2 Å². The van der Waals surface area contributed by atoms with Gasteiger partial charge in [0.1, 0.15) is 0 Å². The van der Waals surface area contributed by atoms with Crippen LogP contribution in [0.4, 0.5) is 0 Å². The predicted molar refractivity (Wildman–Crippen MR) is 76.8 cm³/mol. The molecule has 0 N–H and O–H groups in total. The van der Waals surface area contributed by atoms with Gasteiger partial charge in [-0.15, -0.1) is 0 Å². The summed E-state index contributed by atoms with van der Waals surface area (Å²) in [6, 6.07) is 4.97. The molecule has 0 aromatic heterocycles. The number of carbonyl (C=O) groups excluding carboxylic acids is 1. The predicted octanol–water partition coefficient (Wildman–Crippen LogP) is 2.67. The van der Waals surface area contributed by atoms with Crippen molar-refractivity contribution in [3.8, 4) is 0 Å². The van der Waals surface area contributed by atoms with Gasteiger partial charge in [0.15, 0.2) is 5.78 Å². The van der Waals surface area contributed by atoms with Crippen LogP contribution in [-0.2, 0) is 0 Å². The van der Waals surface area contributed by atoms with Crippen molar-refractivity contribution in [2.45, 2.75) is 0 Å². The first-order valence-electron chi connectivity index (χ1n) is 5.71. The summed E-state index contributed by atoms with van der Waals surface area (Å²) in [5.41, 5.74) is 0.598. The monoisotopic (exact) mass is 288 g/mol. The zero-order valence-corrected chi connectivity index (χ0v) is 12.4. The fraction of sp³-hybridized carbons (Fsp3) is 0.462. The lowest BCUT2D eigenvalue weighted by molar-refractivity contribution is 0.0942. The third-order valence-corrected chi connectivity index (χ3v) is 3.32. The highest BCUT2D eigenvalue weighted by Crippen LogP contribution is 2.22. The molecule has 1 aromatic carbocycles. The molecule has 0 saturated heterocycles. The SMILES string of the molecule is CN(C)CCN(C)CC(=O)c1ccc(Cl)c(Cl)c1. The average Bonchev–Trinajstić information content (AvgIpc) is 2.30. The van der Waals surface area contributed by atoms with Crippen LogP contribution in [0, 0.1) is 0 Å². The van der Waals surface area contributed by atoms with Crippen molar-refractivity contribution in [1.82, 2.24) is 9.80 Å². The zero-order valence-electron chi connectivity index (χ0n) is 10.9. The Balaban J connectivity index is 2.56. The number of Topliss-reactive ketones (excluding diaryl/α,β-unsaturated/α-hetero) is 1. The van der Waals surface area contributed by atoms with Gasteiger partial charge < -0.3 is 4.90 Å². The molecule has 18 heavy (non-hydrogen) atoms. The Morgan fingerprint density at radius 2 is 1.78 bits per heavy atom. The van der Waals surface area contributed by atoms with Crippen molar-refractivity contribution in [2.75, 3.05) is 40.8 Å². The minimum absolute atomic E-state index is 0.0508. The van der Waals surface area contributed by atoms with E-state index in [4.69, 9.17) is 23.2 Å². The molecule has 0 aliphatic rings. The lowest BCUT2D eigenvalue weighted by Crippen LogP contribution is -2.32. The maximum Gasteiger partial charge on any atom is 0.176 e. The molecule has 0 aliphatic carbocycles. The zero-order chi connectivity index (χ0) is 13.7. The second-order valence-electron chi connectivity index (χ2n) is 4.59. The van der Waals surface area contributed by atoms with Gasteiger partial charge in [-0.2, -0.15) is 0 Å². The first kappa shape index (κ1) is 15.4. The van der Waals surface area contributed by atoms with Gasteiger partial charge in [0.2, 0.25) is 0 Å². The van der Waals surface area contributed by atoms with Crippen molar-refractivity contribution >= 4 is 29.0 Å². The molecule has 100 valence electrons. The van der Waals surface area contributed by atoms with Gasteiger partial charge in [0.05, 0.1) is 16.6 Å². The second kappa shape index (κ2) is 7.10. The lowest BCUT2D eigenvalue weighted by Gasteiger charge is -2.18. The fourth-order valence-electron chi connectivity index (χ4n) is 1.46. The number of carbonyl (C=O) groups is 1. The van der Waals surface area contributed by atoms with E-state index in [0.29, 0.717) is 22.2 Å². The van der Waals surface area contributed by atoms with Crippen LogP contribution in [0.25, 0.3) is 0 Å². The molecule has 1 rings (SSSR count). The molecule has 1 aromatic rings. The molecule has 0 saturated carbocycles. The van der Waals surface area contributed by atoms with Crippen LogP contribution in [0.1, 0.15) is 10.4 Å². The summed E-state index contributed by atoms with van der Waals surface area (Å²) in [6.45, 7) is 2.15. The van der Waals surface area contributed by atoms with Crippen LogP contribution in [-0.4, -0.2) is 56.4 Å². The molecular formula is C13H18Cl2N2O. The Bertz CT molecular complexity index is 421. The molecule has 0 atom stereocenters. The molecule has 0 heterocycles. The van der Waals surface area contributed by atoms with Gasteiger partial charge in [-0.05, 0) is 39.3 Å². The number of nitrogens with zero attached hydrogens (tertiary/aromatic N) is 2. The summed E-state index contributed by atoms with van der Waals surface area (Å²) >= 11 is 11.7. The summed E-state index contributed by atoms with van der Waals surface area (Å²) in [6.07, 6.45) is 0. The van der Waals surface area contributed by atoms with Gasteiger partial charge in [0.25, 0.3) is 0 Å². The third kappa shape index (κ3) is 4.94. The Kier molecular flexibility index (Phi) is 6.09. The summed E-state index contributed by atoms with van der Waals surface area (Å²) in [5, 5.41) is 0.882. The molecule has 0 radical (unpaired) electrons. The topological polar surface area (TPSA) is 23.6 Å². The molecule has 0 aliphatic heterocycles. The van der Waals surface area contributed by atoms with Crippen LogP contribution in [0.3, 0.4) is 0 Å². The van der Waals surface area contributed by atoms with E-state index in [9.17, 15) is 4.79 Å². The summed E-state index contributed by atoms with van der Waals surface area (Å²) in [5.74, 6) is 0.0508. The number of ketones is 1. The van der Waals surface area contributed by atoms with Crippen molar-refractivity contribution in [2.24, 2.45) is 0 Å². The minimum Gasteiger partial charge on any atom is -0.308 e. The van der Waals surface area contributed by atoms with E-state index in [1.807, 2.05) is 26.0 Å². The standard InChI is InChI=1S/C13H18Cl2N2O/c1-16(2)6-7-17(3)9-13(18)10-4-5-11(14)12(15)8-10/h4-5,8H,6-7,9H2,1-3H3. The van der Waals surface area contributed by atoms with Gasteiger partial charge in [0, 0.05) is 18.7 Å². The first-order chi connectivity index (χ1) is 8.40.